The number of nitrogens with zero attached hydrogens (tertiary/aromatic N) is 1. The summed E-state index contributed by atoms with van der Waals surface area (Å²) in [5.41, 5.74) is 5.77. The quantitative estimate of drug-likeness (QED) is 0.285. The molecule has 1 heterocycles. The van der Waals surface area contributed by atoms with Gasteiger partial charge in [0.2, 0.25) is 0 Å². The summed E-state index contributed by atoms with van der Waals surface area (Å²) in [7, 11) is 0. The van der Waals surface area contributed by atoms with E-state index in [-0.39, 0.29) is 0 Å². The van der Waals surface area contributed by atoms with Crippen molar-refractivity contribution in [3.63, 3.8) is 0 Å². The zero-order chi connectivity index (χ0) is 19.8. The van der Waals surface area contributed by atoms with Crippen LogP contribution in [0, 0.1) is 0 Å². The molecule has 0 aliphatic rings. The van der Waals surface area contributed by atoms with Gasteiger partial charge in [-0.1, -0.05) is 104 Å². The third kappa shape index (κ3) is 2.63. The van der Waals surface area contributed by atoms with E-state index in [2.05, 4.69) is 103 Å². The highest BCUT2D eigenvalue weighted by molar-refractivity contribution is 6.18. The Labute approximate surface area is 170 Å². The van der Waals surface area contributed by atoms with Crippen molar-refractivity contribution < 1.29 is 0 Å². The number of rotatable bonds is 4. The van der Waals surface area contributed by atoms with Crippen LogP contribution in [0.2, 0.25) is 0 Å². The lowest BCUT2D eigenvalue weighted by Crippen LogP contribution is -1.99. The Bertz CT molecular complexity index is 1430. The lowest BCUT2D eigenvalue weighted by atomic mass is 10.0. The summed E-state index contributed by atoms with van der Waals surface area (Å²) in [6, 6.07) is 30.2. The van der Waals surface area contributed by atoms with E-state index in [0.717, 1.165) is 16.8 Å². The molecular formula is C28H21N. The molecule has 29 heavy (non-hydrogen) atoms. The largest absolute Gasteiger partial charge is 0.308 e. The number of fused-ring (bicyclic) bond motifs is 5. The van der Waals surface area contributed by atoms with Crippen LogP contribution in [0.5, 0.6) is 0 Å². The number of hydrogen-bond acceptors (Lipinski definition) is 0. The Hall–Kier alpha value is -3.84. The summed E-state index contributed by atoms with van der Waals surface area (Å²) < 4.78 is 2.39. The Balaban J connectivity index is 2.01. The van der Waals surface area contributed by atoms with E-state index in [1.165, 1.54) is 32.6 Å². The molecule has 0 aliphatic carbocycles. The average molecular weight is 371 g/mol. The summed E-state index contributed by atoms with van der Waals surface area (Å²) in [5, 5.41) is 5.02. The Morgan fingerprint density at radius 1 is 0.690 bits per heavy atom. The van der Waals surface area contributed by atoms with E-state index in [0.29, 0.717) is 0 Å². The molecule has 1 heteroatoms. The maximum atomic E-state index is 4.03. The molecular weight excluding hydrogens is 350 g/mol. The molecule has 5 aromatic rings. The highest BCUT2D eigenvalue weighted by Gasteiger charge is 2.17. The monoisotopic (exact) mass is 371 g/mol. The molecule has 5 rings (SSSR count). The van der Waals surface area contributed by atoms with Gasteiger partial charge in [0.05, 0.1) is 16.7 Å². The summed E-state index contributed by atoms with van der Waals surface area (Å²) in [5.74, 6) is 0. The minimum Gasteiger partial charge on any atom is -0.308 e. The lowest BCUT2D eigenvalue weighted by molar-refractivity contribution is 1.18. The second-order valence-corrected chi connectivity index (χ2v) is 7.11. The van der Waals surface area contributed by atoms with Gasteiger partial charge in [0.25, 0.3) is 0 Å². The van der Waals surface area contributed by atoms with Gasteiger partial charge >= 0.3 is 0 Å². The first-order chi connectivity index (χ1) is 14.3. The topological polar surface area (TPSA) is 4.93 Å². The molecule has 0 unspecified atom stereocenters. The highest BCUT2D eigenvalue weighted by Crippen LogP contribution is 2.38. The van der Waals surface area contributed by atoms with Crippen molar-refractivity contribution in [1.29, 1.82) is 0 Å². The third-order valence-corrected chi connectivity index (χ3v) is 5.53. The Morgan fingerprint density at radius 2 is 1.41 bits per heavy atom. The molecule has 0 fully saturated rings. The molecule has 0 spiro atoms. The highest BCUT2D eigenvalue weighted by atomic mass is 15.0. The maximum absolute atomic E-state index is 4.03. The smallest absolute Gasteiger partial charge is 0.0619 e. The molecule has 1 aromatic heterocycles. The minimum atomic E-state index is 1.06. The molecule has 0 atom stereocenters. The third-order valence-electron chi connectivity index (χ3n) is 5.53. The fourth-order valence-corrected chi connectivity index (χ4v) is 4.29. The van der Waals surface area contributed by atoms with Gasteiger partial charge < -0.3 is 4.57 Å². The van der Waals surface area contributed by atoms with Crippen molar-refractivity contribution >= 4 is 38.2 Å². The number of benzene rings is 4. The molecule has 0 N–H and O–H groups in total. The standard InChI is InChI=1S/C28H21N/c1-3-11-20(4-2)22-13-7-9-16-26(22)29-27-17-10-8-15-24(27)25-19-18-21-12-5-6-14-23(21)28(25)29/h3-19H,1-2H2/b20-11+. The Morgan fingerprint density at radius 3 is 2.24 bits per heavy atom. The van der Waals surface area contributed by atoms with Crippen LogP contribution in [0.25, 0.3) is 43.8 Å². The molecule has 0 saturated carbocycles. The van der Waals surface area contributed by atoms with Gasteiger partial charge in [-0.05, 0) is 23.1 Å². The lowest BCUT2D eigenvalue weighted by Gasteiger charge is -2.15. The van der Waals surface area contributed by atoms with Crippen LogP contribution in [0.3, 0.4) is 0 Å². The van der Waals surface area contributed by atoms with Crippen LogP contribution in [0.1, 0.15) is 5.56 Å². The molecule has 0 radical (unpaired) electrons. The Kier molecular flexibility index (Phi) is 4.14. The molecule has 1 nitrogen and oxygen atoms in total. The van der Waals surface area contributed by atoms with Gasteiger partial charge in [0, 0.05) is 21.7 Å². The maximum Gasteiger partial charge on any atom is 0.0619 e. The summed E-state index contributed by atoms with van der Waals surface area (Å²) in [6.45, 7) is 7.90. The van der Waals surface area contributed by atoms with Crippen molar-refractivity contribution in [1.82, 2.24) is 4.57 Å². The van der Waals surface area contributed by atoms with E-state index >= 15 is 0 Å². The van der Waals surface area contributed by atoms with Crippen LogP contribution in [-0.2, 0) is 0 Å². The number of hydrogen-bond donors (Lipinski definition) is 0. The van der Waals surface area contributed by atoms with Gasteiger partial charge in [0.1, 0.15) is 0 Å². The summed E-state index contributed by atoms with van der Waals surface area (Å²) in [6.07, 6.45) is 5.72. The predicted molar refractivity (Wildman–Crippen MR) is 127 cm³/mol. The molecule has 4 aromatic carbocycles. The first-order valence-corrected chi connectivity index (χ1v) is 9.79. The van der Waals surface area contributed by atoms with E-state index < -0.39 is 0 Å². The van der Waals surface area contributed by atoms with E-state index in [9.17, 15) is 0 Å². The molecule has 0 amide bonds. The fourth-order valence-electron chi connectivity index (χ4n) is 4.29. The fraction of sp³-hybridized carbons (Fsp3) is 0. The zero-order valence-corrected chi connectivity index (χ0v) is 16.2. The zero-order valence-electron chi connectivity index (χ0n) is 16.2. The summed E-state index contributed by atoms with van der Waals surface area (Å²) >= 11 is 0. The van der Waals surface area contributed by atoms with Gasteiger partial charge in [0.15, 0.2) is 0 Å². The SMILES string of the molecule is C=C/C=C(\C=C)c1ccccc1-n1c2ccccc2c2ccc3ccccc3c21. The van der Waals surface area contributed by atoms with Crippen LogP contribution in [-0.4, -0.2) is 4.57 Å². The van der Waals surface area contributed by atoms with Crippen molar-refractivity contribution in [2.45, 2.75) is 0 Å². The van der Waals surface area contributed by atoms with Crippen LogP contribution < -0.4 is 0 Å². The number of allylic oxidation sites excluding steroid dienone is 4. The first kappa shape index (κ1) is 17.3. The second kappa shape index (κ2) is 6.96. The van der Waals surface area contributed by atoms with Gasteiger partial charge in [-0.2, -0.15) is 0 Å². The average Bonchev–Trinajstić information content (AvgIpc) is 3.12. The van der Waals surface area contributed by atoms with Crippen molar-refractivity contribution in [3.8, 4) is 5.69 Å². The van der Waals surface area contributed by atoms with E-state index in [1.54, 1.807) is 0 Å². The molecule has 0 aliphatic heterocycles. The molecule has 138 valence electrons. The summed E-state index contributed by atoms with van der Waals surface area (Å²) in [4.78, 5) is 0. The predicted octanol–water partition coefficient (Wildman–Crippen LogP) is 7.69. The first-order valence-electron chi connectivity index (χ1n) is 9.79. The number of aromatic nitrogens is 1. The van der Waals surface area contributed by atoms with E-state index in [1.807, 2.05) is 18.2 Å². The van der Waals surface area contributed by atoms with E-state index in [4.69, 9.17) is 0 Å². The number of para-hydroxylation sites is 2. The second-order valence-electron chi connectivity index (χ2n) is 7.11. The molecule has 0 saturated heterocycles. The van der Waals surface area contributed by atoms with Crippen molar-refractivity contribution in [3.05, 3.63) is 122 Å². The van der Waals surface area contributed by atoms with Crippen LogP contribution in [0.4, 0.5) is 0 Å². The van der Waals surface area contributed by atoms with Crippen molar-refractivity contribution in [2.75, 3.05) is 0 Å². The van der Waals surface area contributed by atoms with Crippen LogP contribution in [0.15, 0.2) is 116 Å². The molecule has 0 bridgehead atoms. The van der Waals surface area contributed by atoms with Gasteiger partial charge in [-0.15, -0.1) is 0 Å². The normalized spacial score (nSPS) is 11.9. The van der Waals surface area contributed by atoms with Gasteiger partial charge in [-0.25, -0.2) is 0 Å². The van der Waals surface area contributed by atoms with Crippen molar-refractivity contribution in [2.24, 2.45) is 0 Å². The van der Waals surface area contributed by atoms with Gasteiger partial charge in [-0.3, -0.25) is 0 Å². The van der Waals surface area contributed by atoms with Crippen LogP contribution >= 0.6 is 0 Å². The minimum absolute atomic E-state index is 1.06.